The van der Waals surface area contributed by atoms with Crippen molar-refractivity contribution in [1.29, 1.82) is 0 Å². The van der Waals surface area contributed by atoms with Gasteiger partial charge in [-0.3, -0.25) is 0 Å². The third kappa shape index (κ3) is 4.82. The minimum atomic E-state index is -4.46. The van der Waals surface area contributed by atoms with Crippen molar-refractivity contribution in [2.45, 2.75) is 5.07 Å². The van der Waals surface area contributed by atoms with Gasteiger partial charge < -0.3 is 0 Å². The predicted molar refractivity (Wildman–Crippen MR) is 33.4 cm³/mol. The summed E-state index contributed by atoms with van der Waals surface area (Å²) in [5.41, 5.74) is 0. The van der Waals surface area contributed by atoms with Crippen molar-refractivity contribution in [2.75, 3.05) is 14.2 Å². The molecular formula is C3H6F3O3PSe. The van der Waals surface area contributed by atoms with Gasteiger partial charge in [-0.15, -0.1) is 0 Å². The van der Waals surface area contributed by atoms with Crippen LogP contribution < -0.4 is 0 Å². The van der Waals surface area contributed by atoms with Crippen LogP contribution in [-0.4, -0.2) is 33.8 Å². The summed E-state index contributed by atoms with van der Waals surface area (Å²) in [5.74, 6) is 0. The van der Waals surface area contributed by atoms with Crippen LogP contribution in [0.5, 0.6) is 0 Å². The molecule has 0 bridgehead atoms. The molecule has 0 aliphatic heterocycles. The summed E-state index contributed by atoms with van der Waals surface area (Å²) in [5, 5.41) is -4.46. The van der Waals surface area contributed by atoms with Crippen molar-refractivity contribution >= 4 is 20.8 Å². The van der Waals surface area contributed by atoms with Crippen LogP contribution in [0.15, 0.2) is 0 Å². The first-order chi connectivity index (χ1) is 4.83. The van der Waals surface area contributed by atoms with Crippen molar-refractivity contribution < 1.29 is 26.8 Å². The van der Waals surface area contributed by atoms with Gasteiger partial charge in [-0.1, -0.05) is 0 Å². The van der Waals surface area contributed by atoms with Crippen LogP contribution in [0.25, 0.3) is 0 Å². The normalized spacial score (nSPS) is 13.5. The summed E-state index contributed by atoms with van der Waals surface area (Å²) in [4.78, 5) is 0. The molecule has 0 aromatic heterocycles. The average molecular weight is 257 g/mol. The second-order valence-electron chi connectivity index (χ2n) is 1.35. The Morgan fingerprint density at radius 3 is 1.73 bits per heavy atom. The van der Waals surface area contributed by atoms with Gasteiger partial charge >= 0.3 is 66.9 Å². The van der Waals surface area contributed by atoms with Gasteiger partial charge in [-0.2, -0.15) is 0 Å². The van der Waals surface area contributed by atoms with Crippen LogP contribution >= 0.6 is 6.29 Å². The van der Waals surface area contributed by atoms with E-state index in [1.165, 1.54) is 0 Å². The van der Waals surface area contributed by atoms with E-state index in [1.54, 1.807) is 0 Å². The minimum absolute atomic E-state index is 0.928. The second kappa shape index (κ2) is 3.92. The average Bonchev–Trinajstić information content (AvgIpc) is 1.84. The summed E-state index contributed by atoms with van der Waals surface area (Å²) in [7, 11) is 1.86. The molecule has 0 spiro atoms. The molecule has 0 rings (SSSR count). The summed E-state index contributed by atoms with van der Waals surface area (Å²) >= 11 is -2.12. The topological polar surface area (TPSA) is 35.5 Å². The zero-order valence-corrected chi connectivity index (χ0v) is 8.32. The molecule has 68 valence electrons. The molecule has 0 atom stereocenters. The van der Waals surface area contributed by atoms with E-state index < -0.39 is 25.9 Å². The quantitative estimate of drug-likeness (QED) is 0.569. The van der Waals surface area contributed by atoms with Crippen LogP contribution in [0.2, 0.25) is 0 Å². The van der Waals surface area contributed by atoms with E-state index in [0.29, 0.717) is 0 Å². The molecule has 0 unspecified atom stereocenters. The SMILES string of the molecule is COP(=O)(OC)[Se]C(F)(F)F. The maximum absolute atomic E-state index is 11.6. The van der Waals surface area contributed by atoms with Crippen LogP contribution in [0.3, 0.4) is 0 Å². The van der Waals surface area contributed by atoms with Gasteiger partial charge in [0.1, 0.15) is 0 Å². The second-order valence-corrected chi connectivity index (χ2v) is 8.09. The predicted octanol–water partition coefficient (Wildman–Crippen LogP) is 1.61. The van der Waals surface area contributed by atoms with Gasteiger partial charge in [0, 0.05) is 0 Å². The standard InChI is InChI=1S/C3H6F3O3PSe/c1-8-10(7,9-2)11-3(4,5)6/h1-2H3. The van der Waals surface area contributed by atoms with E-state index in [0.717, 1.165) is 14.2 Å². The fraction of sp³-hybridized carbons (Fsp3) is 1.00. The Morgan fingerprint density at radius 2 is 1.64 bits per heavy atom. The van der Waals surface area contributed by atoms with Gasteiger partial charge in [0.15, 0.2) is 0 Å². The molecule has 0 radical (unpaired) electrons. The number of alkyl halides is 3. The molecule has 8 heteroatoms. The van der Waals surface area contributed by atoms with Crippen LogP contribution in [-0.2, 0) is 13.6 Å². The molecule has 11 heavy (non-hydrogen) atoms. The van der Waals surface area contributed by atoms with Crippen LogP contribution in [0, 0.1) is 0 Å². The molecule has 0 N–H and O–H groups in total. The fourth-order valence-electron chi connectivity index (χ4n) is 0.276. The summed E-state index contributed by atoms with van der Waals surface area (Å²) < 4.78 is 53.9. The molecular weight excluding hydrogens is 251 g/mol. The number of hydrogen-bond acceptors (Lipinski definition) is 3. The van der Waals surface area contributed by atoms with Gasteiger partial charge in [0.25, 0.3) is 0 Å². The van der Waals surface area contributed by atoms with Crippen molar-refractivity contribution in [3.05, 3.63) is 0 Å². The molecule has 0 amide bonds. The summed E-state index contributed by atoms with van der Waals surface area (Å²) in [6, 6.07) is 0. The fourth-order valence-corrected chi connectivity index (χ4v) is 3.36. The molecule has 0 saturated carbocycles. The van der Waals surface area contributed by atoms with E-state index in [4.69, 9.17) is 0 Å². The third-order valence-corrected chi connectivity index (χ3v) is 6.57. The molecule has 0 aliphatic carbocycles. The van der Waals surface area contributed by atoms with Crippen molar-refractivity contribution in [2.24, 2.45) is 0 Å². The first kappa shape index (κ1) is 11.5. The number of halogens is 3. The molecule has 3 nitrogen and oxygen atoms in total. The first-order valence-corrected chi connectivity index (χ1v) is 6.93. The maximum atomic E-state index is 11.6. The van der Waals surface area contributed by atoms with Crippen LogP contribution in [0.1, 0.15) is 0 Å². The Kier molecular flexibility index (Phi) is 4.08. The van der Waals surface area contributed by atoms with E-state index in [-0.39, 0.29) is 0 Å². The Balaban J connectivity index is 4.21. The van der Waals surface area contributed by atoms with Crippen molar-refractivity contribution in [3.8, 4) is 0 Å². The third-order valence-electron chi connectivity index (χ3n) is 0.663. The van der Waals surface area contributed by atoms with Crippen LogP contribution in [0.4, 0.5) is 13.2 Å². The van der Waals surface area contributed by atoms with E-state index in [2.05, 4.69) is 9.05 Å². The zero-order chi connectivity index (χ0) is 9.12. The van der Waals surface area contributed by atoms with Gasteiger partial charge in [0.05, 0.1) is 0 Å². The van der Waals surface area contributed by atoms with Gasteiger partial charge in [-0.25, -0.2) is 0 Å². The molecule has 0 fully saturated rings. The van der Waals surface area contributed by atoms with E-state index in [9.17, 15) is 17.7 Å². The molecule has 0 aromatic rings. The Hall–Kier alpha value is 0.459. The van der Waals surface area contributed by atoms with E-state index >= 15 is 0 Å². The Morgan fingerprint density at radius 1 is 1.27 bits per heavy atom. The molecule has 0 saturated heterocycles. The Labute approximate surface area is 67.5 Å². The van der Waals surface area contributed by atoms with Crippen molar-refractivity contribution in [3.63, 3.8) is 0 Å². The van der Waals surface area contributed by atoms with E-state index in [1.807, 2.05) is 0 Å². The zero-order valence-electron chi connectivity index (χ0n) is 5.71. The summed E-state index contributed by atoms with van der Waals surface area (Å²) in [6.07, 6.45) is -3.87. The first-order valence-electron chi connectivity index (χ1n) is 2.32. The molecule has 0 aromatic carbocycles. The summed E-state index contributed by atoms with van der Waals surface area (Å²) in [6.45, 7) is 0. The van der Waals surface area contributed by atoms with Gasteiger partial charge in [-0.05, 0) is 0 Å². The molecule has 0 heterocycles. The van der Waals surface area contributed by atoms with Gasteiger partial charge in [0.2, 0.25) is 0 Å². The number of hydrogen-bond donors (Lipinski definition) is 0. The molecule has 0 aliphatic rings. The van der Waals surface area contributed by atoms with Crippen molar-refractivity contribution in [1.82, 2.24) is 0 Å². The number of rotatable bonds is 3. The Bertz CT molecular complexity index is 162. The monoisotopic (exact) mass is 258 g/mol.